The zero-order valence-corrected chi connectivity index (χ0v) is 7.68. The molecule has 1 aliphatic heterocycles. The van der Waals surface area contributed by atoms with E-state index < -0.39 is 0 Å². The number of hydrogen-bond donors (Lipinski definition) is 2. The lowest BCUT2D eigenvalue weighted by Gasteiger charge is -2.38. The Hall–Kier alpha value is -1.62. The normalized spacial score (nSPS) is 16.2. The molecule has 0 aliphatic carbocycles. The number of pyridine rings is 1. The predicted molar refractivity (Wildman–Crippen MR) is 52.3 cm³/mol. The van der Waals surface area contributed by atoms with Gasteiger partial charge in [0.05, 0.1) is 5.92 Å². The number of anilines is 1. The first-order valence-electron chi connectivity index (χ1n) is 4.47. The van der Waals surface area contributed by atoms with Crippen LogP contribution in [0.2, 0.25) is 0 Å². The van der Waals surface area contributed by atoms with Gasteiger partial charge in [0.2, 0.25) is 5.91 Å². The van der Waals surface area contributed by atoms with Gasteiger partial charge in [0, 0.05) is 19.3 Å². The molecule has 2 heterocycles. The topological polar surface area (TPSA) is 71.2 Å². The highest BCUT2D eigenvalue weighted by molar-refractivity contribution is 5.81. The third-order valence-corrected chi connectivity index (χ3v) is 2.37. The minimum absolute atomic E-state index is 0.00186. The predicted octanol–water partition coefficient (Wildman–Crippen LogP) is -0.492. The van der Waals surface area contributed by atoms with Crippen LogP contribution >= 0.6 is 0 Å². The van der Waals surface area contributed by atoms with E-state index in [9.17, 15) is 4.79 Å². The fourth-order valence-electron chi connectivity index (χ4n) is 1.49. The second kappa shape index (κ2) is 3.63. The number of nitrogens with one attached hydrogen (secondary N) is 1. The monoisotopic (exact) mass is 192 g/mol. The highest BCUT2D eigenvalue weighted by atomic mass is 16.2. The SMILES string of the molecule is NNC(=O)C1CN(c2ccccn2)C1. The van der Waals surface area contributed by atoms with Crippen LogP contribution in [0.3, 0.4) is 0 Å². The molecular formula is C9H12N4O. The van der Waals surface area contributed by atoms with Crippen LogP contribution in [0.4, 0.5) is 5.82 Å². The van der Waals surface area contributed by atoms with Crippen LogP contribution in [0, 0.1) is 5.92 Å². The average molecular weight is 192 g/mol. The molecular weight excluding hydrogens is 180 g/mol. The summed E-state index contributed by atoms with van der Waals surface area (Å²) in [5, 5.41) is 0. The van der Waals surface area contributed by atoms with Crippen LogP contribution in [-0.2, 0) is 4.79 Å². The molecule has 0 unspecified atom stereocenters. The van der Waals surface area contributed by atoms with Crippen molar-refractivity contribution >= 4 is 11.7 Å². The summed E-state index contributed by atoms with van der Waals surface area (Å²) in [6.45, 7) is 1.39. The summed E-state index contributed by atoms with van der Waals surface area (Å²) in [7, 11) is 0. The minimum Gasteiger partial charge on any atom is -0.355 e. The van der Waals surface area contributed by atoms with E-state index in [0.29, 0.717) is 13.1 Å². The Labute approximate surface area is 81.9 Å². The van der Waals surface area contributed by atoms with Gasteiger partial charge in [0.15, 0.2) is 0 Å². The Morgan fingerprint density at radius 1 is 1.57 bits per heavy atom. The molecule has 1 aliphatic rings. The molecule has 5 heteroatoms. The zero-order chi connectivity index (χ0) is 9.97. The molecule has 2 rings (SSSR count). The van der Waals surface area contributed by atoms with Crippen molar-refractivity contribution in [2.45, 2.75) is 0 Å². The molecule has 14 heavy (non-hydrogen) atoms. The van der Waals surface area contributed by atoms with Gasteiger partial charge < -0.3 is 4.90 Å². The summed E-state index contributed by atoms with van der Waals surface area (Å²) >= 11 is 0. The quantitative estimate of drug-likeness (QED) is 0.377. The molecule has 0 spiro atoms. The molecule has 3 N–H and O–H groups in total. The van der Waals surface area contributed by atoms with Crippen molar-refractivity contribution in [1.29, 1.82) is 0 Å². The Morgan fingerprint density at radius 3 is 2.93 bits per heavy atom. The number of carbonyl (C=O) groups is 1. The summed E-state index contributed by atoms with van der Waals surface area (Å²) in [5.41, 5.74) is 2.15. The molecule has 0 bridgehead atoms. The van der Waals surface area contributed by atoms with Gasteiger partial charge in [-0.2, -0.15) is 0 Å². The lowest BCUT2D eigenvalue weighted by atomic mass is 10.00. The van der Waals surface area contributed by atoms with Crippen LogP contribution in [0.25, 0.3) is 0 Å². The van der Waals surface area contributed by atoms with Crippen molar-refractivity contribution in [3.05, 3.63) is 24.4 Å². The summed E-state index contributed by atoms with van der Waals surface area (Å²) in [4.78, 5) is 17.3. The van der Waals surface area contributed by atoms with E-state index in [1.807, 2.05) is 23.1 Å². The lowest BCUT2D eigenvalue weighted by molar-refractivity contribution is -0.125. The van der Waals surface area contributed by atoms with Crippen molar-refractivity contribution in [1.82, 2.24) is 10.4 Å². The molecule has 1 saturated heterocycles. The van der Waals surface area contributed by atoms with E-state index in [4.69, 9.17) is 5.84 Å². The van der Waals surface area contributed by atoms with Crippen LogP contribution in [-0.4, -0.2) is 24.0 Å². The van der Waals surface area contributed by atoms with Crippen molar-refractivity contribution in [2.24, 2.45) is 11.8 Å². The number of hydrogen-bond acceptors (Lipinski definition) is 4. The molecule has 1 aromatic rings. The van der Waals surface area contributed by atoms with Gasteiger partial charge in [-0.1, -0.05) is 6.07 Å². The van der Waals surface area contributed by atoms with Gasteiger partial charge in [-0.3, -0.25) is 10.2 Å². The van der Waals surface area contributed by atoms with E-state index >= 15 is 0 Å². The number of rotatable bonds is 2. The zero-order valence-electron chi connectivity index (χ0n) is 7.68. The standard InChI is InChI=1S/C9H12N4O/c10-12-9(14)7-5-13(6-7)8-3-1-2-4-11-8/h1-4,7H,5-6,10H2,(H,12,14). The molecule has 0 aromatic carbocycles. The second-order valence-electron chi connectivity index (χ2n) is 3.30. The van der Waals surface area contributed by atoms with Gasteiger partial charge >= 0.3 is 0 Å². The van der Waals surface area contributed by atoms with Gasteiger partial charge in [-0.25, -0.2) is 10.8 Å². The van der Waals surface area contributed by atoms with Gasteiger partial charge in [-0.15, -0.1) is 0 Å². The number of nitrogens with two attached hydrogens (primary N) is 1. The molecule has 5 nitrogen and oxygen atoms in total. The van der Waals surface area contributed by atoms with Crippen molar-refractivity contribution in [3.8, 4) is 0 Å². The Kier molecular flexibility index (Phi) is 2.32. The fourth-order valence-corrected chi connectivity index (χ4v) is 1.49. The fraction of sp³-hybridized carbons (Fsp3) is 0.333. The van der Waals surface area contributed by atoms with Crippen LogP contribution in [0.5, 0.6) is 0 Å². The number of carbonyl (C=O) groups excluding carboxylic acids is 1. The maximum atomic E-state index is 11.1. The summed E-state index contributed by atoms with van der Waals surface area (Å²) in [6, 6.07) is 5.72. The van der Waals surface area contributed by atoms with E-state index in [1.54, 1.807) is 6.20 Å². The molecule has 0 saturated carbocycles. The first-order valence-corrected chi connectivity index (χ1v) is 4.47. The smallest absolute Gasteiger partial charge is 0.240 e. The molecule has 1 amide bonds. The summed E-state index contributed by atoms with van der Waals surface area (Å²) < 4.78 is 0. The Bertz CT molecular complexity index is 321. The number of amides is 1. The number of nitrogens with zero attached hydrogens (tertiary/aromatic N) is 2. The van der Waals surface area contributed by atoms with Gasteiger partial charge in [0.25, 0.3) is 0 Å². The number of aromatic nitrogens is 1. The first-order chi connectivity index (χ1) is 6.81. The molecule has 1 aromatic heterocycles. The molecule has 1 fully saturated rings. The van der Waals surface area contributed by atoms with E-state index in [2.05, 4.69) is 10.4 Å². The Morgan fingerprint density at radius 2 is 2.36 bits per heavy atom. The third kappa shape index (κ3) is 1.54. The van der Waals surface area contributed by atoms with Crippen LogP contribution < -0.4 is 16.2 Å². The maximum Gasteiger partial charge on any atom is 0.240 e. The Balaban J connectivity index is 1.92. The van der Waals surface area contributed by atoms with Gasteiger partial charge in [0.1, 0.15) is 5.82 Å². The van der Waals surface area contributed by atoms with Crippen molar-refractivity contribution in [3.63, 3.8) is 0 Å². The average Bonchev–Trinajstić information content (AvgIpc) is 2.17. The lowest BCUT2D eigenvalue weighted by Crippen LogP contribution is -2.55. The van der Waals surface area contributed by atoms with E-state index in [-0.39, 0.29) is 11.8 Å². The maximum absolute atomic E-state index is 11.1. The molecule has 0 atom stereocenters. The van der Waals surface area contributed by atoms with E-state index in [1.165, 1.54) is 0 Å². The molecule has 74 valence electrons. The van der Waals surface area contributed by atoms with Crippen molar-refractivity contribution in [2.75, 3.05) is 18.0 Å². The minimum atomic E-state index is -0.0998. The summed E-state index contributed by atoms with van der Waals surface area (Å²) in [5.74, 6) is 5.85. The highest BCUT2D eigenvalue weighted by Crippen LogP contribution is 2.21. The third-order valence-electron chi connectivity index (χ3n) is 2.37. The van der Waals surface area contributed by atoms with Gasteiger partial charge in [-0.05, 0) is 12.1 Å². The largest absolute Gasteiger partial charge is 0.355 e. The van der Waals surface area contributed by atoms with Crippen molar-refractivity contribution < 1.29 is 4.79 Å². The molecule has 0 radical (unpaired) electrons. The number of hydrazine groups is 1. The highest BCUT2D eigenvalue weighted by Gasteiger charge is 2.32. The van der Waals surface area contributed by atoms with Crippen LogP contribution in [0.1, 0.15) is 0 Å². The first kappa shape index (κ1) is 8.96. The van der Waals surface area contributed by atoms with Crippen LogP contribution in [0.15, 0.2) is 24.4 Å². The summed E-state index contributed by atoms with van der Waals surface area (Å²) in [6.07, 6.45) is 1.74. The second-order valence-corrected chi connectivity index (χ2v) is 3.30. The van der Waals surface area contributed by atoms with E-state index in [0.717, 1.165) is 5.82 Å².